The molecule has 2 fully saturated rings. The Morgan fingerprint density at radius 3 is 2.67 bits per heavy atom. The molecule has 0 amide bonds. The molecule has 2 unspecified atom stereocenters. The molecule has 3 rings (SSSR count). The lowest BCUT2D eigenvalue weighted by Gasteiger charge is -2.54. The standard InChI is InChI=1S/C16H21NO4/c1-11-6-5-7-12(15(11)17(19)20)21-14-10-13(18)16(14)8-3-2-4-9-16/h5-7,13-14,18H,2-4,8-10H2,1H3. The highest BCUT2D eigenvalue weighted by Crippen LogP contribution is 2.53. The Morgan fingerprint density at radius 2 is 2.05 bits per heavy atom. The fourth-order valence-corrected chi connectivity index (χ4v) is 3.87. The number of nitro groups is 1. The molecule has 1 N–H and O–H groups in total. The van der Waals surface area contributed by atoms with Gasteiger partial charge in [0.05, 0.1) is 11.0 Å². The van der Waals surface area contributed by atoms with Crippen LogP contribution in [0.5, 0.6) is 5.75 Å². The molecule has 0 aliphatic heterocycles. The Kier molecular flexibility index (Phi) is 3.61. The maximum Gasteiger partial charge on any atom is 0.313 e. The number of aliphatic hydroxyl groups is 1. The maximum atomic E-state index is 11.2. The molecular weight excluding hydrogens is 270 g/mol. The van der Waals surface area contributed by atoms with Gasteiger partial charge < -0.3 is 9.84 Å². The Balaban J connectivity index is 1.84. The molecule has 0 bridgehead atoms. The predicted octanol–water partition coefficient (Wildman–Crippen LogP) is 3.37. The lowest BCUT2D eigenvalue weighted by molar-refractivity contribution is -0.387. The van der Waals surface area contributed by atoms with Crippen molar-refractivity contribution in [3.63, 3.8) is 0 Å². The number of nitrogens with zero attached hydrogens (tertiary/aromatic N) is 1. The first-order chi connectivity index (χ1) is 10.0. The number of nitro benzene ring substituents is 1. The summed E-state index contributed by atoms with van der Waals surface area (Å²) in [5, 5.41) is 21.4. The molecule has 0 aromatic heterocycles. The number of aryl methyl sites for hydroxylation is 1. The largest absolute Gasteiger partial charge is 0.483 e. The Hall–Kier alpha value is -1.62. The first-order valence-electron chi connectivity index (χ1n) is 7.63. The van der Waals surface area contributed by atoms with Crippen molar-refractivity contribution in [1.29, 1.82) is 0 Å². The summed E-state index contributed by atoms with van der Waals surface area (Å²) in [6.45, 7) is 1.72. The van der Waals surface area contributed by atoms with Crippen LogP contribution in [-0.2, 0) is 0 Å². The van der Waals surface area contributed by atoms with E-state index < -0.39 is 0 Å². The van der Waals surface area contributed by atoms with Gasteiger partial charge in [-0.25, -0.2) is 0 Å². The third-order valence-electron chi connectivity index (χ3n) is 5.18. The van der Waals surface area contributed by atoms with Crippen molar-refractivity contribution in [2.45, 2.75) is 57.7 Å². The highest BCUT2D eigenvalue weighted by Gasteiger charge is 2.56. The molecule has 1 spiro atoms. The summed E-state index contributed by atoms with van der Waals surface area (Å²) in [5.74, 6) is 0.335. The van der Waals surface area contributed by atoms with E-state index >= 15 is 0 Å². The first kappa shape index (κ1) is 14.3. The first-order valence-corrected chi connectivity index (χ1v) is 7.63. The zero-order chi connectivity index (χ0) is 15.0. The molecule has 2 aliphatic carbocycles. The number of rotatable bonds is 3. The molecule has 21 heavy (non-hydrogen) atoms. The summed E-state index contributed by atoms with van der Waals surface area (Å²) in [5.41, 5.74) is 0.468. The number of aliphatic hydroxyl groups excluding tert-OH is 1. The number of ether oxygens (including phenoxy) is 1. The number of benzene rings is 1. The topological polar surface area (TPSA) is 72.6 Å². The second kappa shape index (κ2) is 5.30. The van der Waals surface area contributed by atoms with Gasteiger partial charge in [0, 0.05) is 17.4 Å². The Bertz CT molecular complexity index is 551. The normalized spacial score (nSPS) is 27.1. The Labute approximate surface area is 124 Å². The molecule has 0 radical (unpaired) electrons. The Morgan fingerprint density at radius 1 is 1.33 bits per heavy atom. The van der Waals surface area contributed by atoms with Crippen LogP contribution in [0.3, 0.4) is 0 Å². The van der Waals surface area contributed by atoms with Crippen molar-refractivity contribution in [3.8, 4) is 5.75 Å². The number of hydrogen-bond acceptors (Lipinski definition) is 4. The quantitative estimate of drug-likeness (QED) is 0.684. The summed E-state index contributed by atoms with van der Waals surface area (Å²) in [6, 6.07) is 5.16. The zero-order valence-corrected chi connectivity index (χ0v) is 12.2. The molecular formula is C16H21NO4. The lowest BCUT2D eigenvalue weighted by Crippen LogP contribution is -2.60. The summed E-state index contributed by atoms with van der Waals surface area (Å²) in [6.07, 6.45) is 5.47. The van der Waals surface area contributed by atoms with E-state index in [4.69, 9.17) is 4.74 Å². The molecule has 114 valence electrons. The summed E-state index contributed by atoms with van der Waals surface area (Å²) in [4.78, 5) is 10.9. The molecule has 0 saturated heterocycles. The summed E-state index contributed by atoms with van der Waals surface area (Å²) >= 11 is 0. The van der Waals surface area contributed by atoms with Gasteiger partial charge in [0.1, 0.15) is 6.10 Å². The van der Waals surface area contributed by atoms with Crippen molar-refractivity contribution >= 4 is 5.69 Å². The van der Waals surface area contributed by atoms with Gasteiger partial charge in [-0.3, -0.25) is 10.1 Å². The summed E-state index contributed by atoms with van der Waals surface area (Å²) < 4.78 is 5.99. The summed E-state index contributed by atoms with van der Waals surface area (Å²) in [7, 11) is 0. The fraction of sp³-hybridized carbons (Fsp3) is 0.625. The minimum Gasteiger partial charge on any atom is -0.483 e. The van der Waals surface area contributed by atoms with Crippen molar-refractivity contribution in [1.82, 2.24) is 0 Å². The molecule has 5 nitrogen and oxygen atoms in total. The molecule has 2 aliphatic rings. The van der Waals surface area contributed by atoms with Gasteiger partial charge in [-0.15, -0.1) is 0 Å². The smallest absolute Gasteiger partial charge is 0.313 e. The van der Waals surface area contributed by atoms with Crippen LogP contribution in [0.15, 0.2) is 18.2 Å². The molecule has 0 heterocycles. The van der Waals surface area contributed by atoms with E-state index in [9.17, 15) is 15.2 Å². The van der Waals surface area contributed by atoms with E-state index in [2.05, 4.69) is 0 Å². The van der Waals surface area contributed by atoms with Crippen molar-refractivity contribution in [2.75, 3.05) is 0 Å². The van der Waals surface area contributed by atoms with Crippen LogP contribution in [0, 0.1) is 22.5 Å². The van der Waals surface area contributed by atoms with E-state index in [1.807, 2.05) is 0 Å². The minimum atomic E-state index is -0.382. The number of hydrogen-bond donors (Lipinski definition) is 1. The third-order valence-corrected chi connectivity index (χ3v) is 5.18. The zero-order valence-electron chi connectivity index (χ0n) is 12.2. The SMILES string of the molecule is Cc1cccc(OC2CC(O)C23CCCCC3)c1[N+](=O)[O-]. The van der Waals surface area contributed by atoms with Crippen molar-refractivity contribution < 1.29 is 14.8 Å². The highest BCUT2D eigenvalue weighted by molar-refractivity contribution is 5.52. The average Bonchev–Trinajstić information content (AvgIpc) is 2.47. The van der Waals surface area contributed by atoms with Gasteiger partial charge in [-0.2, -0.15) is 0 Å². The second-order valence-corrected chi connectivity index (χ2v) is 6.33. The molecule has 2 atom stereocenters. The van der Waals surface area contributed by atoms with Gasteiger partial charge in [-0.05, 0) is 25.8 Å². The maximum absolute atomic E-state index is 11.2. The van der Waals surface area contributed by atoms with Gasteiger partial charge in [-0.1, -0.05) is 31.4 Å². The van der Waals surface area contributed by atoms with Crippen LogP contribution in [0.4, 0.5) is 5.69 Å². The third kappa shape index (κ3) is 2.29. The van der Waals surface area contributed by atoms with Gasteiger partial charge in [0.15, 0.2) is 5.75 Å². The fourth-order valence-electron chi connectivity index (χ4n) is 3.87. The van der Waals surface area contributed by atoms with Gasteiger partial charge >= 0.3 is 5.69 Å². The molecule has 5 heteroatoms. The van der Waals surface area contributed by atoms with Gasteiger partial charge in [0.25, 0.3) is 0 Å². The monoisotopic (exact) mass is 291 g/mol. The predicted molar refractivity (Wildman–Crippen MR) is 78.4 cm³/mol. The molecule has 1 aromatic rings. The lowest BCUT2D eigenvalue weighted by atomic mass is 9.56. The van der Waals surface area contributed by atoms with Crippen LogP contribution in [0.1, 0.15) is 44.1 Å². The van der Waals surface area contributed by atoms with Gasteiger partial charge in [0.2, 0.25) is 0 Å². The van der Waals surface area contributed by atoms with E-state index in [1.54, 1.807) is 25.1 Å². The highest BCUT2D eigenvalue weighted by atomic mass is 16.6. The van der Waals surface area contributed by atoms with Crippen LogP contribution in [0.25, 0.3) is 0 Å². The van der Waals surface area contributed by atoms with Crippen LogP contribution in [0.2, 0.25) is 0 Å². The van der Waals surface area contributed by atoms with E-state index in [0.29, 0.717) is 17.7 Å². The van der Waals surface area contributed by atoms with Crippen LogP contribution in [-0.4, -0.2) is 22.2 Å². The van der Waals surface area contributed by atoms with E-state index in [-0.39, 0.29) is 28.2 Å². The van der Waals surface area contributed by atoms with E-state index in [0.717, 1.165) is 25.7 Å². The average molecular weight is 291 g/mol. The van der Waals surface area contributed by atoms with Crippen LogP contribution < -0.4 is 4.74 Å². The van der Waals surface area contributed by atoms with Crippen molar-refractivity contribution in [2.24, 2.45) is 5.41 Å². The van der Waals surface area contributed by atoms with Crippen molar-refractivity contribution in [3.05, 3.63) is 33.9 Å². The molecule has 1 aromatic carbocycles. The minimum absolute atomic E-state index is 0.0462. The van der Waals surface area contributed by atoms with Crippen LogP contribution >= 0.6 is 0 Å². The number of para-hydroxylation sites is 1. The second-order valence-electron chi connectivity index (χ2n) is 6.33. The molecule has 2 saturated carbocycles. The van der Waals surface area contributed by atoms with E-state index in [1.165, 1.54) is 6.42 Å².